The Balaban J connectivity index is 1.46. The highest BCUT2D eigenvalue weighted by Gasteiger charge is 2.08. The largest absolute Gasteiger partial charge is 0.412 e. The highest BCUT2D eigenvalue weighted by Crippen LogP contribution is 2.26. The van der Waals surface area contributed by atoms with Gasteiger partial charge in [0, 0.05) is 30.1 Å². The molecule has 0 atom stereocenters. The lowest BCUT2D eigenvalue weighted by molar-refractivity contribution is 0.200. The smallest absolute Gasteiger partial charge is 0.410 e. The second kappa shape index (κ2) is 8.09. The van der Waals surface area contributed by atoms with Crippen LogP contribution in [0.3, 0.4) is 0 Å². The van der Waals surface area contributed by atoms with Gasteiger partial charge >= 0.3 is 6.09 Å². The predicted molar refractivity (Wildman–Crippen MR) is 102 cm³/mol. The summed E-state index contributed by atoms with van der Waals surface area (Å²) in [5.74, 6) is 0.969. The molecule has 0 spiro atoms. The number of benzene rings is 2. The number of amides is 1. The number of rotatable bonds is 5. The van der Waals surface area contributed by atoms with E-state index < -0.39 is 6.09 Å². The maximum Gasteiger partial charge on any atom is 0.412 e. The fraction of sp³-hybridized carbons (Fsp3) is 0.0500. The summed E-state index contributed by atoms with van der Waals surface area (Å²) >= 11 is 0. The van der Waals surface area contributed by atoms with Gasteiger partial charge in [0.15, 0.2) is 5.82 Å². The summed E-state index contributed by atoms with van der Waals surface area (Å²) in [5, 5.41) is 16.5. The molecule has 0 saturated carbocycles. The molecule has 0 unspecified atom stereocenters. The Morgan fingerprint density at radius 3 is 2.64 bits per heavy atom. The Hall–Kier alpha value is -4.07. The molecule has 138 valence electrons. The van der Waals surface area contributed by atoms with E-state index in [0.29, 0.717) is 18.1 Å². The number of carbonyl (C=O) groups excluding carboxylic acids is 1. The maximum atomic E-state index is 12.1. The average molecular weight is 372 g/mol. The van der Waals surface area contributed by atoms with E-state index in [1.54, 1.807) is 24.5 Å². The minimum atomic E-state index is -0.513. The number of ether oxygens (including phenoxy) is 1. The molecule has 0 aliphatic rings. The molecular formula is C20H16N6O2. The summed E-state index contributed by atoms with van der Waals surface area (Å²) in [6.07, 6.45) is 2.88. The number of nitrogens with one attached hydrogen (secondary N) is 2. The minimum absolute atomic E-state index is 0.399. The van der Waals surface area contributed by atoms with Gasteiger partial charge in [0.2, 0.25) is 0 Å². The van der Waals surface area contributed by atoms with E-state index in [2.05, 4.69) is 30.9 Å². The normalized spacial score (nSPS) is 10.4. The number of hydrogen-bond acceptors (Lipinski definition) is 6. The van der Waals surface area contributed by atoms with Crippen LogP contribution in [-0.2, 0) is 6.54 Å². The first-order valence-corrected chi connectivity index (χ1v) is 8.57. The molecule has 28 heavy (non-hydrogen) atoms. The zero-order valence-electron chi connectivity index (χ0n) is 14.7. The molecule has 4 rings (SSSR count). The zero-order valence-corrected chi connectivity index (χ0v) is 14.7. The molecule has 8 heteroatoms. The molecule has 2 aromatic carbocycles. The summed E-state index contributed by atoms with van der Waals surface area (Å²) < 4.78 is 5.39. The fourth-order valence-corrected chi connectivity index (χ4v) is 2.66. The van der Waals surface area contributed by atoms with Gasteiger partial charge in [0.25, 0.3) is 0 Å². The van der Waals surface area contributed by atoms with Crippen molar-refractivity contribution in [1.29, 1.82) is 0 Å². The number of aromatic amines is 1. The Morgan fingerprint density at radius 1 is 0.964 bits per heavy atom. The summed E-state index contributed by atoms with van der Waals surface area (Å²) in [6.45, 7) is 0.399. The van der Waals surface area contributed by atoms with E-state index in [1.165, 1.54) is 0 Å². The first-order valence-electron chi connectivity index (χ1n) is 8.57. The summed E-state index contributed by atoms with van der Waals surface area (Å²) in [6, 6.07) is 18.8. The SMILES string of the molecule is O=C(NCc1ccccc1)Oc1cccc(-c2cncc(-c3nnn[nH]3)c2)c1. The van der Waals surface area contributed by atoms with E-state index in [0.717, 1.165) is 22.3 Å². The van der Waals surface area contributed by atoms with Crippen LogP contribution in [0.1, 0.15) is 5.56 Å². The quantitative estimate of drug-likeness (QED) is 0.557. The number of H-pyrrole nitrogens is 1. The van der Waals surface area contributed by atoms with Crippen LogP contribution in [-0.4, -0.2) is 31.7 Å². The number of carbonyl (C=O) groups is 1. The molecule has 8 nitrogen and oxygen atoms in total. The first-order chi connectivity index (χ1) is 13.8. The Bertz CT molecular complexity index is 1070. The van der Waals surface area contributed by atoms with Crippen molar-refractivity contribution in [3.8, 4) is 28.3 Å². The lowest BCUT2D eigenvalue weighted by atomic mass is 10.1. The van der Waals surface area contributed by atoms with Gasteiger partial charge in [-0.1, -0.05) is 42.5 Å². The van der Waals surface area contributed by atoms with Crippen LogP contribution >= 0.6 is 0 Å². The van der Waals surface area contributed by atoms with E-state index in [-0.39, 0.29) is 0 Å². The number of nitrogens with zero attached hydrogens (tertiary/aromatic N) is 4. The van der Waals surface area contributed by atoms with E-state index >= 15 is 0 Å². The van der Waals surface area contributed by atoms with Crippen molar-refractivity contribution >= 4 is 6.09 Å². The van der Waals surface area contributed by atoms with E-state index in [4.69, 9.17) is 4.74 Å². The molecule has 0 radical (unpaired) electrons. The van der Waals surface area contributed by atoms with Crippen molar-refractivity contribution < 1.29 is 9.53 Å². The molecule has 2 heterocycles. The standard InChI is InChI=1S/C20H16N6O2/c27-20(22-11-14-5-2-1-3-6-14)28-18-8-4-7-15(10-18)16-9-17(13-21-12-16)19-23-25-26-24-19/h1-10,12-13H,11H2,(H,22,27)(H,23,24,25,26). The number of pyridine rings is 1. The zero-order chi connectivity index (χ0) is 19.2. The van der Waals surface area contributed by atoms with Crippen molar-refractivity contribution in [3.05, 3.63) is 78.6 Å². The summed E-state index contributed by atoms with van der Waals surface area (Å²) in [7, 11) is 0. The third-order valence-electron chi connectivity index (χ3n) is 4.01. The first kappa shape index (κ1) is 17.3. The Labute approximate surface area is 160 Å². The molecule has 0 aliphatic carbocycles. The van der Waals surface area contributed by atoms with Crippen LogP contribution in [0.15, 0.2) is 73.1 Å². The van der Waals surface area contributed by atoms with Gasteiger partial charge in [-0.25, -0.2) is 9.89 Å². The van der Waals surface area contributed by atoms with Gasteiger partial charge in [-0.3, -0.25) is 4.98 Å². The predicted octanol–water partition coefficient (Wildman–Crippen LogP) is 3.22. The van der Waals surface area contributed by atoms with Gasteiger partial charge in [0.1, 0.15) is 5.75 Å². The monoisotopic (exact) mass is 372 g/mol. The van der Waals surface area contributed by atoms with Crippen LogP contribution in [0.25, 0.3) is 22.5 Å². The summed E-state index contributed by atoms with van der Waals surface area (Å²) in [4.78, 5) is 16.3. The van der Waals surface area contributed by atoms with Crippen molar-refractivity contribution in [1.82, 2.24) is 30.9 Å². The Morgan fingerprint density at radius 2 is 1.82 bits per heavy atom. The lowest BCUT2D eigenvalue weighted by Gasteiger charge is -2.09. The summed E-state index contributed by atoms with van der Waals surface area (Å²) in [5.41, 5.74) is 3.46. The molecular weight excluding hydrogens is 356 g/mol. The van der Waals surface area contributed by atoms with Gasteiger partial charge in [-0.05, 0) is 39.8 Å². The van der Waals surface area contributed by atoms with Crippen LogP contribution in [0, 0.1) is 0 Å². The Kier molecular flexibility index (Phi) is 5.01. The van der Waals surface area contributed by atoms with Crippen LogP contribution in [0.4, 0.5) is 4.79 Å². The average Bonchev–Trinajstić information content (AvgIpc) is 3.28. The van der Waals surface area contributed by atoms with E-state index in [1.807, 2.05) is 48.5 Å². The molecule has 0 bridgehead atoms. The van der Waals surface area contributed by atoms with Crippen molar-refractivity contribution in [2.45, 2.75) is 6.54 Å². The number of aromatic nitrogens is 5. The number of hydrogen-bond donors (Lipinski definition) is 2. The van der Waals surface area contributed by atoms with Crippen LogP contribution < -0.4 is 10.1 Å². The van der Waals surface area contributed by atoms with Crippen LogP contribution in [0.2, 0.25) is 0 Å². The lowest BCUT2D eigenvalue weighted by Crippen LogP contribution is -2.26. The molecule has 2 aromatic heterocycles. The van der Waals surface area contributed by atoms with Gasteiger partial charge in [-0.2, -0.15) is 0 Å². The van der Waals surface area contributed by atoms with Crippen LogP contribution in [0.5, 0.6) is 5.75 Å². The second-order valence-electron chi connectivity index (χ2n) is 5.97. The van der Waals surface area contributed by atoms with Crippen molar-refractivity contribution in [3.63, 3.8) is 0 Å². The molecule has 2 N–H and O–H groups in total. The third kappa shape index (κ3) is 4.18. The molecule has 0 fully saturated rings. The van der Waals surface area contributed by atoms with Crippen molar-refractivity contribution in [2.24, 2.45) is 0 Å². The topological polar surface area (TPSA) is 106 Å². The molecule has 0 aliphatic heterocycles. The maximum absolute atomic E-state index is 12.1. The van der Waals surface area contributed by atoms with Gasteiger partial charge in [0.05, 0.1) is 0 Å². The number of tetrazole rings is 1. The van der Waals surface area contributed by atoms with Gasteiger partial charge < -0.3 is 10.1 Å². The molecule has 1 amide bonds. The minimum Gasteiger partial charge on any atom is -0.410 e. The third-order valence-corrected chi connectivity index (χ3v) is 4.01. The fourth-order valence-electron chi connectivity index (χ4n) is 2.66. The van der Waals surface area contributed by atoms with E-state index in [9.17, 15) is 4.79 Å². The molecule has 0 saturated heterocycles. The molecule has 4 aromatic rings. The van der Waals surface area contributed by atoms with Crippen molar-refractivity contribution in [2.75, 3.05) is 0 Å². The highest BCUT2D eigenvalue weighted by atomic mass is 16.6. The highest BCUT2D eigenvalue weighted by molar-refractivity contribution is 5.73. The van der Waals surface area contributed by atoms with Gasteiger partial charge in [-0.15, -0.1) is 5.10 Å². The second-order valence-corrected chi connectivity index (χ2v) is 5.97.